The Kier molecular flexibility index (Phi) is 7.10. The van der Waals surface area contributed by atoms with Crippen LogP contribution in [0.3, 0.4) is 0 Å². The number of carbonyl (C=O) groups excluding carboxylic acids is 1. The van der Waals surface area contributed by atoms with E-state index < -0.39 is 0 Å². The number of likely N-dealkylation sites (tertiary alicyclic amines) is 1. The predicted molar refractivity (Wildman–Crippen MR) is 86.0 cm³/mol. The second kappa shape index (κ2) is 8.08. The van der Waals surface area contributed by atoms with Gasteiger partial charge < -0.3 is 10.6 Å². The minimum absolute atomic E-state index is 0. The standard InChI is InChI=1S/C14H18Cl2N2O.ClH/c15-11-4-1-5-12(16)13(11)14(19)18-8-2-3-10(9-18)6-7-17;/h1,4-5,10H,2-3,6-9,17H2;1H. The molecule has 3 nitrogen and oxygen atoms in total. The van der Waals surface area contributed by atoms with Gasteiger partial charge in [0.2, 0.25) is 0 Å². The maximum Gasteiger partial charge on any atom is 0.256 e. The van der Waals surface area contributed by atoms with Crippen molar-refractivity contribution in [2.45, 2.75) is 19.3 Å². The van der Waals surface area contributed by atoms with Gasteiger partial charge in [0.25, 0.3) is 5.91 Å². The minimum Gasteiger partial charge on any atom is -0.338 e. The van der Waals surface area contributed by atoms with E-state index in [9.17, 15) is 4.79 Å². The number of nitrogens with zero attached hydrogens (tertiary/aromatic N) is 1. The molecule has 0 radical (unpaired) electrons. The van der Waals surface area contributed by atoms with Crippen LogP contribution in [0.2, 0.25) is 10.0 Å². The fourth-order valence-electron chi connectivity index (χ4n) is 2.58. The van der Waals surface area contributed by atoms with Crippen molar-refractivity contribution < 1.29 is 4.79 Å². The lowest BCUT2D eigenvalue weighted by Gasteiger charge is -2.33. The SMILES string of the molecule is Cl.NCCC1CCCN(C(=O)c2c(Cl)cccc2Cl)C1. The molecule has 6 heteroatoms. The van der Waals surface area contributed by atoms with Gasteiger partial charge in [-0.3, -0.25) is 4.79 Å². The molecule has 112 valence electrons. The number of amides is 1. The molecule has 1 aliphatic heterocycles. The van der Waals surface area contributed by atoms with Gasteiger partial charge in [0, 0.05) is 13.1 Å². The molecule has 0 saturated carbocycles. The number of hydrogen-bond donors (Lipinski definition) is 1. The molecule has 20 heavy (non-hydrogen) atoms. The highest BCUT2D eigenvalue weighted by molar-refractivity contribution is 6.39. The Labute approximate surface area is 135 Å². The van der Waals surface area contributed by atoms with E-state index in [0.717, 1.165) is 32.4 Å². The van der Waals surface area contributed by atoms with E-state index >= 15 is 0 Å². The monoisotopic (exact) mass is 336 g/mol. The number of halogens is 3. The first-order valence-corrected chi connectivity index (χ1v) is 7.32. The lowest BCUT2D eigenvalue weighted by atomic mass is 9.94. The van der Waals surface area contributed by atoms with Crippen molar-refractivity contribution in [3.8, 4) is 0 Å². The molecular formula is C14H19Cl3N2O. The van der Waals surface area contributed by atoms with Crippen LogP contribution < -0.4 is 5.73 Å². The van der Waals surface area contributed by atoms with E-state index in [1.807, 2.05) is 4.90 Å². The molecule has 0 bridgehead atoms. The summed E-state index contributed by atoms with van der Waals surface area (Å²) in [6.45, 7) is 2.18. The molecule has 2 N–H and O–H groups in total. The highest BCUT2D eigenvalue weighted by Gasteiger charge is 2.26. The molecule has 0 aromatic heterocycles. The van der Waals surface area contributed by atoms with Gasteiger partial charge in [-0.15, -0.1) is 12.4 Å². The Morgan fingerprint density at radius 3 is 2.60 bits per heavy atom. The maximum atomic E-state index is 12.5. The highest BCUT2D eigenvalue weighted by atomic mass is 35.5. The van der Waals surface area contributed by atoms with Crippen LogP contribution in [0.15, 0.2) is 18.2 Å². The van der Waals surface area contributed by atoms with Crippen LogP contribution in [-0.2, 0) is 0 Å². The predicted octanol–water partition coefficient (Wildman–Crippen LogP) is 3.62. The molecule has 1 aromatic carbocycles. The molecule has 1 atom stereocenters. The largest absolute Gasteiger partial charge is 0.338 e. The van der Waals surface area contributed by atoms with Crippen LogP contribution >= 0.6 is 35.6 Å². The van der Waals surface area contributed by atoms with Crippen LogP contribution in [0.5, 0.6) is 0 Å². The Morgan fingerprint density at radius 1 is 1.35 bits per heavy atom. The fourth-order valence-corrected chi connectivity index (χ4v) is 3.14. The molecule has 1 heterocycles. The third-order valence-electron chi connectivity index (χ3n) is 3.56. The molecule has 1 unspecified atom stereocenters. The minimum atomic E-state index is -0.0719. The first kappa shape index (κ1) is 17.6. The van der Waals surface area contributed by atoms with E-state index in [1.54, 1.807) is 18.2 Å². The summed E-state index contributed by atoms with van der Waals surface area (Å²) in [7, 11) is 0. The molecule has 1 amide bonds. The van der Waals surface area contributed by atoms with Gasteiger partial charge in [-0.05, 0) is 43.9 Å². The van der Waals surface area contributed by atoms with Gasteiger partial charge in [-0.25, -0.2) is 0 Å². The number of rotatable bonds is 3. The summed E-state index contributed by atoms with van der Waals surface area (Å²) < 4.78 is 0. The zero-order chi connectivity index (χ0) is 13.8. The average molecular weight is 338 g/mol. The first-order chi connectivity index (χ1) is 9.13. The van der Waals surface area contributed by atoms with Gasteiger partial charge in [-0.1, -0.05) is 29.3 Å². The Morgan fingerprint density at radius 2 is 2.00 bits per heavy atom. The van der Waals surface area contributed by atoms with Crippen LogP contribution in [0, 0.1) is 5.92 Å². The van der Waals surface area contributed by atoms with Crippen molar-refractivity contribution in [3.05, 3.63) is 33.8 Å². The van der Waals surface area contributed by atoms with Crippen molar-refractivity contribution in [3.63, 3.8) is 0 Å². The van der Waals surface area contributed by atoms with Crippen LogP contribution in [0.4, 0.5) is 0 Å². The van der Waals surface area contributed by atoms with Crippen molar-refractivity contribution in [1.29, 1.82) is 0 Å². The lowest BCUT2D eigenvalue weighted by molar-refractivity contribution is 0.0670. The highest BCUT2D eigenvalue weighted by Crippen LogP contribution is 2.28. The second-order valence-electron chi connectivity index (χ2n) is 4.93. The summed E-state index contributed by atoms with van der Waals surface area (Å²) in [4.78, 5) is 14.4. The van der Waals surface area contributed by atoms with E-state index in [1.165, 1.54) is 0 Å². The van der Waals surface area contributed by atoms with E-state index in [4.69, 9.17) is 28.9 Å². The van der Waals surface area contributed by atoms with Gasteiger partial charge in [0.1, 0.15) is 0 Å². The molecule has 1 aliphatic rings. The van der Waals surface area contributed by atoms with Crippen molar-refractivity contribution >= 4 is 41.5 Å². The number of benzene rings is 1. The molecular weight excluding hydrogens is 319 g/mol. The molecule has 0 spiro atoms. The van der Waals surface area contributed by atoms with Crippen LogP contribution in [0.1, 0.15) is 29.6 Å². The smallest absolute Gasteiger partial charge is 0.256 e. The summed E-state index contributed by atoms with van der Waals surface area (Å²) in [5, 5.41) is 0.830. The lowest BCUT2D eigenvalue weighted by Crippen LogP contribution is -2.40. The molecule has 1 aromatic rings. The fraction of sp³-hybridized carbons (Fsp3) is 0.500. The van der Waals surface area contributed by atoms with E-state index in [0.29, 0.717) is 28.1 Å². The number of carbonyl (C=O) groups is 1. The topological polar surface area (TPSA) is 46.3 Å². The zero-order valence-electron chi connectivity index (χ0n) is 11.1. The van der Waals surface area contributed by atoms with Crippen LogP contribution in [-0.4, -0.2) is 30.4 Å². The normalized spacial score (nSPS) is 18.6. The molecule has 1 saturated heterocycles. The van der Waals surface area contributed by atoms with Gasteiger partial charge in [0.05, 0.1) is 15.6 Å². The Bertz CT molecular complexity index is 445. The summed E-state index contributed by atoms with van der Waals surface area (Å²) in [5.41, 5.74) is 6.01. The van der Waals surface area contributed by atoms with Crippen molar-refractivity contribution in [2.24, 2.45) is 11.7 Å². The average Bonchev–Trinajstić information content (AvgIpc) is 2.39. The molecule has 1 fully saturated rings. The zero-order valence-corrected chi connectivity index (χ0v) is 13.5. The number of hydrogen-bond acceptors (Lipinski definition) is 2. The Balaban J connectivity index is 0.00000200. The number of nitrogens with two attached hydrogens (primary N) is 1. The Hall–Kier alpha value is -0.480. The van der Waals surface area contributed by atoms with E-state index in [2.05, 4.69) is 0 Å². The number of piperidine rings is 1. The summed E-state index contributed by atoms with van der Waals surface area (Å²) in [5.74, 6) is 0.418. The van der Waals surface area contributed by atoms with E-state index in [-0.39, 0.29) is 18.3 Å². The third-order valence-corrected chi connectivity index (χ3v) is 4.19. The van der Waals surface area contributed by atoms with Crippen molar-refractivity contribution in [1.82, 2.24) is 4.90 Å². The van der Waals surface area contributed by atoms with Crippen LogP contribution in [0.25, 0.3) is 0 Å². The quantitative estimate of drug-likeness (QED) is 0.915. The second-order valence-corrected chi connectivity index (χ2v) is 5.75. The summed E-state index contributed by atoms with van der Waals surface area (Å²) in [6.07, 6.45) is 3.11. The molecule has 2 rings (SSSR count). The first-order valence-electron chi connectivity index (χ1n) is 6.57. The maximum absolute atomic E-state index is 12.5. The third kappa shape index (κ3) is 4.01. The van der Waals surface area contributed by atoms with Gasteiger partial charge in [-0.2, -0.15) is 0 Å². The van der Waals surface area contributed by atoms with Gasteiger partial charge >= 0.3 is 0 Å². The summed E-state index contributed by atoms with van der Waals surface area (Å²) >= 11 is 12.2. The van der Waals surface area contributed by atoms with Crippen molar-refractivity contribution in [2.75, 3.05) is 19.6 Å². The van der Waals surface area contributed by atoms with Gasteiger partial charge in [0.15, 0.2) is 0 Å². The summed E-state index contributed by atoms with van der Waals surface area (Å²) in [6, 6.07) is 5.14. The molecule has 0 aliphatic carbocycles.